The van der Waals surface area contributed by atoms with Gasteiger partial charge in [-0.1, -0.05) is 38.8 Å². The van der Waals surface area contributed by atoms with Crippen LogP contribution in [0.4, 0.5) is 0 Å². The number of ether oxygens (including phenoxy) is 2. The van der Waals surface area contributed by atoms with Crippen LogP contribution in [0.1, 0.15) is 58.9 Å². The third kappa shape index (κ3) is 3.05. The van der Waals surface area contributed by atoms with Gasteiger partial charge >= 0.3 is 0 Å². The van der Waals surface area contributed by atoms with E-state index in [1.54, 1.807) is 19.8 Å². The predicted octanol–water partition coefficient (Wildman–Crippen LogP) is 5.16. The fourth-order valence-corrected chi connectivity index (χ4v) is 5.16. The predicted molar refractivity (Wildman–Crippen MR) is 106 cm³/mol. The fourth-order valence-electron chi connectivity index (χ4n) is 5.16. The molecular formula is C23H34O3. The molecule has 0 aliphatic heterocycles. The van der Waals surface area contributed by atoms with Gasteiger partial charge in [0.05, 0.1) is 20.3 Å². The first-order valence-electron chi connectivity index (χ1n) is 9.86. The van der Waals surface area contributed by atoms with Crippen LogP contribution in [-0.4, -0.2) is 25.4 Å². The van der Waals surface area contributed by atoms with Gasteiger partial charge in [-0.2, -0.15) is 0 Å². The lowest BCUT2D eigenvalue weighted by atomic mass is 9.54. The van der Waals surface area contributed by atoms with E-state index in [2.05, 4.69) is 33.8 Å². The zero-order valence-electron chi connectivity index (χ0n) is 17.2. The maximum Gasteiger partial charge on any atom is 0.122 e. The smallest absolute Gasteiger partial charge is 0.122 e. The summed E-state index contributed by atoms with van der Waals surface area (Å²) in [5, 5.41) is 10.6. The summed E-state index contributed by atoms with van der Waals surface area (Å²) >= 11 is 0. The molecule has 1 N–H and O–H groups in total. The molecule has 0 unspecified atom stereocenters. The van der Waals surface area contributed by atoms with E-state index in [0.29, 0.717) is 5.92 Å². The molecular weight excluding hydrogens is 324 g/mol. The second-order valence-electron chi connectivity index (χ2n) is 8.95. The zero-order chi connectivity index (χ0) is 19.1. The summed E-state index contributed by atoms with van der Waals surface area (Å²) in [6.07, 6.45) is 4.88. The molecule has 0 saturated carbocycles. The van der Waals surface area contributed by atoms with Crippen molar-refractivity contribution in [2.45, 2.75) is 65.9 Å². The highest BCUT2D eigenvalue weighted by molar-refractivity contribution is 5.43. The third-order valence-corrected chi connectivity index (χ3v) is 7.29. The number of benzene rings is 1. The van der Waals surface area contributed by atoms with Gasteiger partial charge in [0.2, 0.25) is 0 Å². The molecule has 0 amide bonds. The van der Waals surface area contributed by atoms with Crippen molar-refractivity contribution in [3.63, 3.8) is 0 Å². The monoisotopic (exact) mass is 358 g/mol. The topological polar surface area (TPSA) is 38.7 Å². The van der Waals surface area contributed by atoms with E-state index in [0.717, 1.165) is 37.2 Å². The Morgan fingerprint density at radius 3 is 2.38 bits per heavy atom. The highest BCUT2D eigenvalue weighted by Gasteiger charge is 2.47. The van der Waals surface area contributed by atoms with Crippen LogP contribution in [0.25, 0.3) is 0 Å². The van der Waals surface area contributed by atoms with E-state index in [4.69, 9.17) is 9.47 Å². The van der Waals surface area contributed by atoms with Crippen LogP contribution in [0, 0.1) is 16.7 Å². The minimum Gasteiger partial charge on any atom is -0.497 e. The first-order chi connectivity index (χ1) is 12.2. The van der Waals surface area contributed by atoms with Gasteiger partial charge < -0.3 is 14.6 Å². The second kappa shape index (κ2) is 6.92. The lowest BCUT2D eigenvalue weighted by Crippen LogP contribution is -2.44. The Bertz CT molecular complexity index is 703. The molecule has 3 nitrogen and oxygen atoms in total. The van der Waals surface area contributed by atoms with Crippen molar-refractivity contribution in [1.82, 2.24) is 0 Å². The molecule has 1 aromatic carbocycles. The first-order valence-corrected chi connectivity index (χ1v) is 9.86. The van der Waals surface area contributed by atoms with Crippen molar-refractivity contribution in [1.29, 1.82) is 0 Å². The van der Waals surface area contributed by atoms with Gasteiger partial charge in [-0.15, -0.1) is 0 Å². The van der Waals surface area contributed by atoms with E-state index in [9.17, 15) is 5.11 Å². The van der Waals surface area contributed by atoms with Gasteiger partial charge in [-0.05, 0) is 67.2 Å². The summed E-state index contributed by atoms with van der Waals surface area (Å²) in [5.41, 5.74) is 4.26. The van der Waals surface area contributed by atoms with Crippen LogP contribution in [0.15, 0.2) is 29.3 Å². The third-order valence-electron chi connectivity index (χ3n) is 7.29. The lowest BCUT2D eigenvalue weighted by molar-refractivity contribution is 0.0403. The normalized spacial score (nSPS) is 30.7. The molecule has 0 bridgehead atoms. The minimum absolute atomic E-state index is 0.0879. The van der Waals surface area contributed by atoms with Gasteiger partial charge in [0.25, 0.3) is 0 Å². The maximum atomic E-state index is 10.6. The maximum absolute atomic E-state index is 10.6. The number of aliphatic hydroxyl groups is 1. The Labute approximate surface area is 158 Å². The van der Waals surface area contributed by atoms with Gasteiger partial charge in [0, 0.05) is 5.41 Å². The van der Waals surface area contributed by atoms with E-state index < -0.39 is 0 Å². The van der Waals surface area contributed by atoms with Gasteiger partial charge in [0.15, 0.2) is 0 Å². The highest BCUT2D eigenvalue weighted by Crippen LogP contribution is 2.56. The van der Waals surface area contributed by atoms with Crippen molar-refractivity contribution >= 4 is 0 Å². The molecule has 0 heterocycles. The summed E-state index contributed by atoms with van der Waals surface area (Å²) in [5.74, 6) is 2.41. The molecule has 0 aromatic heterocycles. The lowest BCUT2D eigenvalue weighted by Gasteiger charge is -2.51. The van der Waals surface area contributed by atoms with Crippen molar-refractivity contribution < 1.29 is 14.6 Å². The second-order valence-corrected chi connectivity index (χ2v) is 8.95. The zero-order valence-corrected chi connectivity index (χ0v) is 17.2. The molecule has 0 fully saturated rings. The average Bonchev–Trinajstić information content (AvgIpc) is 2.61. The van der Waals surface area contributed by atoms with Crippen molar-refractivity contribution in [2.24, 2.45) is 16.7 Å². The molecule has 144 valence electrons. The van der Waals surface area contributed by atoms with E-state index in [1.807, 2.05) is 12.1 Å². The van der Waals surface area contributed by atoms with Gasteiger partial charge in [0.1, 0.15) is 11.5 Å². The Balaban J connectivity index is 2.06. The quantitative estimate of drug-likeness (QED) is 0.756. The largest absolute Gasteiger partial charge is 0.497 e. The van der Waals surface area contributed by atoms with E-state index >= 15 is 0 Å². The summed E-state index contributed by atoms with van der Waals surface area (Å²) in [6.45, 7) is 9.23. The molecule has 0 saturated heterocycles. The highest BCUT2D eigenvalue weighted by atomic mass is 16.5. The number of hydrogen-bond acceptors (Lipinski definition) is 3. The molecule has 3 atom stereocenters. The summed E-state index contributed by atoms with van der Waals surface area (Å²) in [4.78, 5) is 0. The molecule has 1 aromatic rings. The molecule has 2 aliphatic carbocycles. The molecule has 26 heavy (non-hydrogen) atoms. The molecule has 2 aliphatic rings. The van der Waals surface area contributed by atoms with Crippen LogP contribution in [-0.2, 0) is 6.42 Å². The van der Waals surface area contributed by atoms with Crippen molar-refractivity contribution in [2.75, 3.05) is 14.2 Å². The summed E-state index contributed by atoms with van der Waals surface area (Å²) < 4.78 is 11.1. The molecule has 0 radical (unpaired) electrons. The molecule has 3 heteroatoms. The Morgan fingerprint density at radius 1 is 1.04 bits per heavy atom. The van der Waals surface area contributed by atoms with Gasteiger partial charge in [-0.3, -0.25) is 0 Å². The van der Waals surface area contributed by atoms with E-state index in [1.165, 1.54) is 17.6 Å². The SMILES string of the molecule is COc1ccc(OC)c(C[C@@]2(C)C3=C(CC[C@@H]2C)C(C)(C)[C@@H](O)CC3)c1. The Morgan fingerprint density at radius 2 is 1.73 bits per heavy atom. The first kappa shape index (κ1) is 19.3. The standard InChI is InChI=1S/C23H34O3/c1-15-7-9-18-19(10-12-21(24)22(18,2)3)23(15,4)14-16-13-17(25-5)8-11-20(16)26-6/h8,11,13,15,21,24H,7,9-10,12,14H2,1-6H3/t15-,21-,23+/m0/s1. The Hall–Kier alpha value is -1.48. The fraction of sp³-hybridized carbons (Fsp3) is 0.652. The summed E-state index contributed by atoms with van der Waals surface area (Å²) in [7, 11) is 3.45. The number of rotatable bonds is 4. The van der Waals surface area contributed by atoms with Crippen LogP contribution >= 0.6 is 0 Å². The van der Waals surface area contributed by atoms with Crippen molar-refractivity contribution in [3.8, 4) is 11.5 Å². The van der Waals surface area contributed by atoms with E-state index in [-0.39, 0.29) is 16.9 Å². The van der Waals surface area contributed by atoms with Crippen LogP contribution in [0.5, 0.6) is 11.5 Å². The van der Waals surface area contributed by atoms with Crippen LogP contribution in [0.2, 0.25) is 0 Å². The average molecular weight is 359 g/mol. The van der Waals surface area contributed by atoms with Crippen LogP contribution in [0.3, 0.4) is 0 Å². The minimum atomic E-state index is -0.231. The Kier molecular flexibility index (Phi) is 5.13. The molecule has 3 rings (SSSR count). The number of allylic oxidation sites excluding steroid dienone is 1. The number of methoxy groups -OCH3 is 2. The molecule has 0 spiro atoms. The number of aliphatic hydroxyl groups excluding tert-OH is 1. The van der Waals surface area contributed by atoms with Crippen LogP contribution < -0.4 is 9.47 Å². The van der Waals surface area contributed by atoms with Gasteiger partial charge in [-0.25, -0.2) is 0 Å². The summed E-state index contributed by atoms with van der Waals surface area (Å²) in [6, 6.07) is 6.09. The number of hydrogen-bond donors (Lipinski definition) is 1. The van der Waals surface area contributed by atoms with Crippen molar-refractivity contribution in [3.05, 3.63) is 34.9 Å².